The molecule has 2 aromatic rings. The van der Waals surface area contributed by atoms with Gasteiger partial charge in [-0.05, 0) is 56.8 Å². The average molecular weight is 370 g/mol. The summed E-state index contributed by atoms with van der Waals surface area (Å²) in [5.74, 6) is 0.760. The number of benzene rings is 1. The van der Waals surface area contributed by atoms with Gasteiger partial charge < -0.3 is 10.1 Å². The van der Waals surface area contributed by atoms with Gasteiger partial charge in [0.1, 0.15) is 18.5 Å². The van der Waals surface area contributed by atoms with Crippen molar-refractivity contribution >= 4 is 5.91 Å². The Labute approximate surface area is 160 Å². The maximum absolute atomic E-state index is 12.6. The number of aromatic nitrogens is 2. The van der Waals surface area contributed by atoms with Crippen LogP contribution in [-0.4, -0.2) is 72.0 Å². The van der Waals surface area contributed by atoms with Crippen LogP contribution in [-0.2, 0) is 11.8 Å². The Morgan fingerprint density at radius 1 is 1.33 bits per heavy atom. The van der Waals surface area contributed by atoms with Crippen molar-refractivity contribution in [1.82, 2.24) is 24.9 Å². The van der Waals surface area contributed by atoms with Gasteiger partial charge in [0.2, 0.25) is 0 Å². The number of aryl methyl sites for hydroxylation is 1. The summed E-state index contributed by atoms with van der Waals surface area (Å²) in [5.41, 5.74) is 2.03. The Bertz CT molecular complexity index is 752. The molecule has 27 heavy (non-hydrogen) atoms. The van der Waals surface area contributed by atoms with Gasteiger partial charge in [-0.15, -0.1) is 0 Å². The standard InChI is InChI=1S/C20H28N5O2/c1-23(2)20(25-10-4-5-11-25)19(26)21-9-12-27-18-8-6-7-16(13-18)17-14-22-24(3)15-17/h7-8,13-15,20H,4-5,9-12H2,1-3H3,(H,21,26). The van der Waals surface area contributed by atoms with Crippen LogP contribution in [0.25, 0.3) is 11.1 Å². The van der Waals surface area contributed by atoms with Crippen molar-refractivity contribution in [1.29, 1.82) is 0 Å². The van der Waals surface area contributed by atoms with Crippen molar-refractivity contribution < 1.29 is 9.53 Å². The largest absolute Gasteiger partial charge is 0.492 e. The highest BCUT2D eigenvalue weighted by Crippen LogP contribution is 2.22. The number of carbonyl (C=O) groups is 1. The van der Waals surface area contributed by atoms with Crippen LogP contribution >= 0.6 is 0 Å². The second-order valence-corrected chi connectivity index (χ2v) is 7.08. The van der Waals surface area contributed by atoms with E-state index in [0.717, 1.165) is 42.8 Å². The molecule has 1 amide bonds. The van der Waals surface area contributed by atoms with E-state index in [9.17, 15) is 4.79 Å². The molecule has 1 aromatic heterocycles. The van der Waals surface area contributed by atoms with Gasteiger partial charge >= 0.3 is 0 Å². The first-order chi connectivity index (χ1) is 13.0. The van der Waals surface area contributed by atoms with Gasteiger partial charge in [-0.25, -0.2) is 0 Å². The van der Waals surface area contributed by atoms with E-state index in [0.29, 0.717) is 13.2 Å². The van der Waals surface area contributed by atoms with E-state index >= 15 is 0 Å². The molecule has 7 heteroatoms. The number of nitrogens with one attached hydrogen (secondary N) is 1. The molecule has 0 bridgehead atoms. The predicted molar refractivity (Wildman–Crippen MR) is 104 cm³/mol. The maximum atomic E-state index is 12.6. The van der Waals surface area contributed by atoms with Gasteiger partial charge in [0.25, 0.3) is 5.91 Å². The second kappa shape index (κ2) is 9.01. The molecule has 7 nitrogen and oxygen atoms in total. The Morgan fingerprint density at radius 2 is 2.11 bits per heavy atom. The molecule has 1 fully saturated rings. The molecular weight excluding hydrogens is 342 g/mol. The summed E-state index contributed by atoms with van der Waals surface area (Å²) in [6.45, 7) is 2.83. The summed E-state index contributed by atoms with van der Waals surface area (Å²) < 4.78 is 7.55. The third-order valence-corrected chi connectivity index (χ3v) is 4.68. The van der Waals surface area contributed by atoms with Crippen molar-refractivity contribution in [3.8, 4) is 16.9 Å². The third-order valence-electron chi connectivity index (χ3n) is 4.68. The van der Waals surface area contributed by atoms with Gasteiger partial charge in [0, 0.05) is 31.9 Å². The summed E-state index contributed by atoms with van der Waals surface area (Å²) in [4.78, 5) is 16.7. The number of hydrogen-bond donors (Lipinski definition) is 1. The normalized spacial score (nSPS) is 15.9. The molecule has 1 N–H and O–H groups in total. The highest BCUT2D eigenvalue weighted by molar-refractivity contribution is 5.81. The molecule has 1 atom stereocenters. The maximum Gasteiger partial charge on any atom is 0.252 e. The Balaban J connectivity index is 1.49. The van der Waals surface area contributed by atoms with Crippen LogP contribution in [0.5, 0.6) is 5.75 Å². The van der Waals surface area contributed by atoms with E-state index in [1.54, 1.807) is 10.7 Å². The van der Waals surface area contributed by atoms with Crippen molar-refractivity contribution in [2.45, 2.75) is 19.0 Å². The van der Waals surface area contributed by atoms with Gasteiger partial charge in [-0.3, -0.25) is 19.3 Å². The fourth-order valence-corrected chi connectivity index (χ4v) is 3.42. The van der Waals surface area contributed by atoms with Gasteiger partial charge in [0.15, 0.2) is 0 Å². The molecule has 1 aliphatic heterocycles. The Kier molecular flexibility index (Phi) is 6.47. The molecule has 1 radical (unpaired) electrons. The number of carbonyl (C=O) groups excluding carboxylic acids is 1. The van der Waals surface area contributed by atoms with Crippen LogP contribution < -0.4 is 10.1 Å². The number of likely N-dealkylation sites (tertiary alicyclic amines) is 1. The molecule has 1 saturated heterocycles. The number of ether oxygens (including phenoxy) is 1. The highest BCUT2D eigenvalue weighted by atomic mass is 16.5. The first-order valence-electron chi connectivity index (χ1n) is 9.36. The van der Waals surface area contributed by atoms with E-state index in [2.05, 4.69) is 21.4 Å². The van der Waals surface area contributed by atoms with E-state index in [1.807, 2.05) is 50.6 Å². The van der Waals surface area contributed by atoms with Crippen LogP contribution in [0.15, 0.2) is 30.6 Å². The lowest BCUT2D eigenvalue weighted by atomic mass is 10.1. The lowest BCUT2D eigenvalue weighted by molar-refractivity contribution is -0.131. The molecule has 1 unspecified atom stereocenters. The summed E-state index contributed by atoms with van der Waals surface area (Å²) >= 11 is 0. The SMILES string of the molecule is CN(C)C(C(=O)NCCOc1c[c]cc(-c2cnn(C)c2)c1)N1CCCC1. The van der Waals surface area contributed by atoms with Crippen molar-refractivity contribution in [3.05, 3.63) is 36.7 Å². The van der Waals surface area contributed by atoms with Crippen LogP contribution in [0.4, 0.5) is 0 Å². The molecular formula is C20H28N5O2. The molecule has 1 aliphatic rings. The average Bonchev–Trinajstić information content (AvgIpc) is 3.31. The van der Waals surface area contributed by atoms with Gasteiger partial charge in [-0.1, -0.05) is 0 Å². The summed E-state index contributed by atoms with van der Waals surface area (Å²) in [6.07, 6.45) is 5.87. The zero-order chi connectivity index (χ0) is 19.2. The smallest absolute Gasteiger partial charge is 0.252 e. The van der Waals surface area contributed by atoms with Crippen molar-refractivity contribution in [3.63, 3.8) is 0 Å². The molecule has 2 heterocycles. The number of hydrogen-bond acceptors (Lipinski definition) is 5. The van der Waals surface area contributed by atoms with Crippen LogP contribution in [0.3, 0.4) is 0 Å². The fourth-order valence-electron chi connectivity index (χ4n) is 3.42. The second-order valence-electron chi connectivity index (χ2n) is 7.08. The topological polar surface area (TPSA) is 62.6 Å². The lowest BCUT2D eigenvalue weighted by Gasteiger charge is -2.31. The molecule has 145 valence electrons. The van der Waals surface area contributed by atoms with Gasteiger partial charge in [0.05, 0.1) is 12.7 Å². The zero-order valence-corrected chi connectivity index (χ0v) is 16.3. The first kappa shape index (κ1) is 19.4. The van der Waals surface area contributed by atoms with Crippen LogP contribution in [0, 0.1) is 6.07 Å². The Hall–Kier alpha value is -2.38. The quantitative estimate of drug-likeness (QED) is 0.711. The van der Waals surface area contributed by atoms with E-state index in [1.165, 1.54) is 0 Å². The number of rotatable bonds is 8. The molecule has 0 aliphatic carbocycles. The number of nitrogens with zero attached hydrogens (tertiary/aromatic N) is 4. The van der Waals surface area contributed by atoms with E-state index in [4.69, 9.17) is 4.74 Å². The molecule has 1 aromatic carbocycles. The van der Waals surface area contributed by atoms with Crippen LogP contribution in [0.2, 0.25) is 0 Å². The van der Waals surface area contributed by atoms with E-state index in [-0.39, 0.29) is 12.1 Å². The van der Waals surface area contributed by atoms with Gasteiger partial charge in [-0.2, -0.15) is 5.10 Å². The minimum atomic E-state index is -0.213. The van der Waals surface area contributed by atoms with Crippen molar-refractivity contribution in [2.75, 3.05) is 40.3 Å². The number of likely N-dealkylation sites (N-methyl/N-ethyl adjacent to an activating group) is 1. The predicted octanol–water partition coefficient (Wildman–Crippen LogP) is 1.37. The molecule has 0 spiro atoms. The zero-order valence-electron chi connectivity index (χ0n) is 16.3. The minimum Gasteiger partial charge on any atom is -0.492 e. The van der Waals surface area contributed by atoms with Crippen LogP contribution in [0.1, 0.15) is 12.8 Å². The molecule has 3 rings (SSSR count). The lowest BCUT2D eigenvalue weighted by Crippen LogP contribution is -2.54. The first-order valence-corrected chi connectivity index (χ1v) is 9.36. The number of amides is 1. The minimum absolute atomic E-state index is 0.0289. The summed E-state index contributed by atoms with van der Waals surface area (Å²) in [5, 5.41) is 7.18. The highest BCUT2D eigenvalue weighted by Gasteiger charge is 2.29. The third kappa shape index (κ3) is 5.08. The summed E-state index contributed by atoms with van der Waals surface area (Å²) in [7, 11) is 5.77. The fraction of sp³-hybridized carbons (Fsp3) is 0.500. The van der Waals surface area contributed by atoms with E-state index < -0.39 is 0 Å². The summed E-state index contributed by atoms with van der Waals surface area (Å²) in [6, 6.07) is 8.76. The monoisotopic (exact) mass is 370 g/mol. The molecule has 0 saturated carbocycles. The van der Waals surface area contributed by atoms with Crippen molar-refractivity contribution in [2.24, 2.45) is 7.05 Å². The Morgan fingerprint density at radius 3 is 2.78 bits per heavy atom.